The molecule has 1 aromatic carbocycles. The Morgan fingerprint density at radius 3 is 2.88 bits per heavy atom. The van der Waals surface area contributed by atoms with Crippen molar-refractivity contribution in [2.75, 3.05) is 11.1 Å². The van der Waals surface area contributed by atoms with Gasteiger partial charge in [-0.25, -0.2) is 4.39 Å². The van der Waals surface area contributed by atoms with Gasteiger partial charge in [0.05, 0.1) is 5.75 Å². The summed E-state index contributed by atoms with van der Waals surface area (Å²) in [5.41, 5.74) is 1.30. The Kier molecular flexibility index (Phi) is 5.39. The van der Waals surface area contributed by atoms with Crippen LogP contribution in [0.3, 0.4) is 0 Å². The monoisotopic (exact) mass is 357 g/mol. The second kappa shape index (κ2) is 7.89. The molecule has 25 heavy (non-hydrogen) atoms. The topological polar surface area (TPSA) is 72.7 Å². The first-order chi connectivity index (χ1) is 12.2. The van der Waals surface area contributed by atoms with Gasteiger partial charge in [-0.2, -0.15) is 0 Å². The smallest absolute Gasteiger partial charge is 0.234 e. The summed E-state index contributed by atoms with van der Waals surface area (Å²) < 4.78 is 15.1. The summed E-state index contributed by atoms with van der Waals surface area (Å²) in [5, 5.41) is 11.7. The number of carbonyl (C=O) groups is 1. The third-order valence-corrected chi connectivity index (χ3v) is 4.36. The summed E-state index contributed by atoms with van der Waals surface area (Å²) >= 11 is 1.28. The van der Waals surface area contributed by atoms with Crippen molar-refractivity contribution in [2.24, 2.45) is 0 Å². The maximum Gasteiger partial charge on any atom is 0.234 e. The summed E-state index contributed by atoms with van der Waals surface area (Å²) in [6.45, 7) is 2.66. The van der Waals surface area contributed by atoms with E-state index in [1.54, 1.807) is 24.5 Å². The summed E-state index contributed by atoms with van der Waals surface area (Å²) in [6.07, 6.45) is 3.42. The lowest BCUT2D eigenvalue weighted by Crippen LogP contribution is -2.14. The van der Waals surface area contributed by atoms with Gasteiger partial charge in [0.25, 0.3) is 0 Å². The summed E-state index contributed by atoms with van der Waals surface area (Å²) in [6, 6.07) is 9.54. The van der Waals surface area contributed by atoms with Gasteiger partial charge in [0, 0.05) is 30.2 Å². The fraction of sp³-hybridized carbons (Fsp3) is 0.176. The first-order valence-corrected chi connectivity index (χ1v) is 8.67. The lowest BCUT2D eigenvalue weighted by atomic mass is 10.3. The van der Waals surface area contributed by atoms with E-state index in [9.17, 15) is 9.18 Å². The highest BCUT2D eigenvalue weighted by Gasteiger charge is 2.14. The van der Waals surface area contributed by atoms with Crippen LogP contribution in [0.15, 0.2) is 53.9 Å². The fourth-order valence-electron chi connectivity index (χ4n) is 2.28. The van der Waals surface area contributed by atoms with Crippen molar-refractivity contribution in [3.63, 3.8) is 0 Å². The van der Waals surface area contributed by atoms with Gasteiger partial charge < -0.3 is 9.88 Å². The van der Waals surface area contributed by atoms with Crippen molar-refractivity contribution in [3.05, 3.63) is 54.6 Å². The van der Waals surface area contributed by atoms with Crippen LogP contribution in [0.5, 0.6) is 0 Å². The first-order valence-electron chi connectivity index (χ1n) is 7.69. The van der Waals surface area contributed by atoms with Gasteiger partial charge >= 0.3 is 0 Å². The predicted molar refractivity (Wildman–Crippen MR) is 94.7 cm³/mol. The molecule has 0 atom stereocenters. The van der Waals surface area contributed by atoms with Gasteiger partial charge in [-0.1, -0.05) is 17.8 Å². The number of nitrogens with zero attached hydrogens (tertiary/aromatic N) is 4. The largest absolute Gasteiger partial charge is 0.325 e. The zero-order chi connectivity index (χ0) is 17.6. The van der Waals surface area contributed by atoms with Gasteiger partial charge in [0.1, 0.15) is 5.82 Å². The maximum absolute atomic E-state index is 13.1. The van der Waals surface area contributed by atoms with Crippen LogP contribution in [0, 0.1) is 5.82 Å². The molecule has 0 fully saturated rings. The number of hydrogen-bond acceptors (Lipinski definition) is 5. The van der Waals surface area contributed by atoms with E-state index in [0.29, 0.717) is 23.2 Å². The van der Waals surface area contributed by atoms with Crippen molar-refractivity contribution < 1.29 is 9.18 Å². The highest BCUT2D eigenvalue weighted by atomic mass is 32.2. The van der Waals surface area contributed by atoms with Gasteiger partial charge in [0.2, 0.25) is 5.91 Å². The average Bonchev–Trinajstić information content (AvgIpc) is 3.03. The number of rotatable bonds is 6. The molecule has 0 saturated heterocycles. The number of pyridine rings is 1. The molecule has 2 heterocycles. The first kappa shape index (κ1) is 17.1. The van der Waals surface area contributed by atoms with Crippen molar-refractivity contribution in [1.29, 1.82) is 0 Å². The standard InChI is InChI=1S/C17H16FN5OS/c1-2-23-16(12-5-4-8-19-10-12)21-22-17(23)25-11-15(24)20-14-7-3-6-13(18)9-14/h3-10H,2,11H2,1H3,(H,20,24). The average molecular weight is 357 g/mol. The van der Waals surface area contributed by atoms with Crippen LogP contribution >= 0.6 is 11.8 Å². The highest BCUT2D eigenvalue weighted by molar-refractivity contribution is 7.99. The Morgan fingerprint density at radius 2 is 2.16 bits per heavy atom. The highest BCUT2D eigenvalue weighted by Crippen LogP contribution is 2.23. The minimum Gasteiger partial charge on any atom is -0.325 e. The predicted octanol–water partition coefficient (Wildman–Crippen LogP) is 3.23. The Labute approximate surface area is 148 Å². The van der Waals surface area contributed by atoms with E-state index < -0.39 is 5.82 Å². The molecule has 0 aliphatic rings. The number of nitrogens with one attached hydrogen (secondary N) is 1. The summed E-state index contributed by atoms with van der Waals surface area (Å²) in [7, 11) is 0. The number of halogens is 1. The summed E-state index contributed by atoms with van der Waals surface area (Å²) in [5.74, 6) is 0.243. The molecule has 2 aromatic heterocycles. The van der Waals surface area contributed by atoms with Crippen LogP contribution in [0.25, 0.3) is 11.4 Å². The number of carbonyl (C=O) groups excluding carboxylic acids is 1. The Morgan fingerprint density at radius 1 is 1.28 bits per heavy atom. The number of anilines is 1. The number of aromatic nitrogens is 4. The number of benzene rings is 1. The zero-order valence-electron chi connectivity index (χ0n) is 13.5. The van der Waals surface area contributed by atoms with Gasteiger partial charge in [0.15, 0.2) is 11.0 Å². The third kappa shape index (κ3) is 4.21. The molecule has 0 bridgehead atoms. The molecule has 1 N–H and O–H groups in total. The number of hydrogen-bond donors (Lipinski definition) is 1. The van der Waals surface area contributed by atoms with E-state index in [-0.39, 0.29) is 11.7 Å². The molecule has 0 aliphatic carbocycles. The van der Waals surface area contributed by atoms with E-state index in [2.05, 4.69) is 20.5 Å². The normalized spacial score (nSPS) is 10.6. The second-order valence-electron chi connectivity index (χ2n) is 5.14. The summed E-state index contributed by atoms with van der Waals surface area (Å²) in [4.78, 5) is 16.1. The van der Waals surface area contributed by atoms with Crippen LogP contribution < -0.4 is 5.32 Å². The molecular weight excluding hydrogens is 341 g/mol. The lowest BCUT2D eigenvalue weighted by molar-refractivity contribution is -0.113. The molecule has 3 aromatic rings. The van der Waals surface area contributed by atoms with Crippen molar-refractivity contribution in [1.82, 2.24) is 19.7 Å². The molecule has 0 radical (unpaired) electrons. The Hall–Kier alpha value is -2.74. The Balaban J connectivity index is 1.67. The number of amides is 1. The van der Waals surface area contributed by atoms with Crippen LogP contribution in [0.2, 0.25) is 0 Å². The lowest BCUT2D eigenvalue weighted by Gasteiger charge is -2.07. The van der Waals surface area contributed by atoms with Gasteiger partial charge in [-0.15, -0.1) is 10.2 Å². The minimum atomic E-state index is -0.391. The Bertz CT molecular complexity index is 868. The van der Waals surface area contributed by atoms with Gasteiger partial charge in [-0.05, 0) is 37.3 Å². The fourth-order valence-corrected chi connectivity index (χ4v) is 3.08. The minimum absolute atomic E-state index is 0.154. The van der Waals surface area contributed by atoms with Crippen LogP contribution in [0.1, 0.15) is 6.92 Å². The molecule has 0 saturated carbocycles. The van der Waals surface area contributed by atoms with E-state index >= 15 is 0 Å². The van der Waals surface area contributed by atoms with E-state index in [1.165, 1.54) is 23.9 Å². The van der Waals surface area contributed by atoms with Crippen molar-refractivity contribution >= 4 is 23.4 Å². The quantitative estimate of drug-likeness (QED) is 0.686. The molecule has 3 rings (SSSR count). The molecule has 0 spiro atoms. The van der Waals surface area contributed by atoms with Crippen LogP contribution in [0.4, 0.5) is 10.1 Å². The van der Waals surface area contributed by atoms with E-state index in [0.717, 1.165) is 5.56 Å². The number of thioether (sulfide) groups is 1. The molecular formula is C17H16FN5OS. The van der Waals surface area contributed by atoms with E-state index in [1.807, 2.05) is 23.6 Å². The molecule has 0 aliphatic heterocycles. The second-order valence-corrected chi connectivity index (χ2v) is 6.08. The molecule has 8 heteroatoms. The maximum atomic E-state index is 13.1. The molecule has 128 valence electrons. The van der Waals surface area contributed by atoms with E-state index in [4.69, 9.17) is 0 Å². The van der Waals surface area contributed by atoms with Crippen molar-refractivity contribution in [2.45, 2.75) is 18.6 Å². The van der Waals surface area contributed by atoms with Gasteiger partial charge in [-0.3, -0.25) is 9.78 Å². The third-order valence-electron chi connectivity index (χ3n) is 3.39. The zero-order valence-corrected chi connectivity index (χ0v) is 14.3. The van der Waals surface area contributed by atoms with Crippen LogP contribution in [-0.4, -0.2) is 31.4 Å². The molecule has 1 amide bonds. The van der Waals surface area contributed by atoms with Crippen LogP contribution in [-0.2, 0) is 11.3 Å². The SMILES string of the molecule is CCn1c(SCC(=O)Nc2cccc(F)c2)nnc1-c1cccnc1. The molecule has 6 nitrogen and oxygen atoms in total. The molecule has 0 unspecified atom stereocenters. The van der Waals surface area contributed by atoms with Crippen molar-refractivity contribution in [3.8, 4) is 11.4 Å².